The summed E-state index contributed by atoms with van der Waals surface area (Å²) in [4.78, 5) is 12.0. The van der Waals surface area contributed by atoms with E-state index < -0.39 is 0 Å². The number of benzene rings is 1. The highest BCUT2D eigenvalue weighted by atomic mass is 127. The van der Waals surface area contributed by atoms with Crippen LogP contribution in [0, 0.1) is 6.92 Å². The van der Waals surface area contributed by atoms with E-state index in [0.717, 1.165) is 57.8 Å². The van der Waals surface area contributed by atoms with Gasteiger partial charge in [-0.25, -0.2) is 12.5 Å². The maximum Gasteiger partial charge on any atom is 0.161 e. The van der Waals surface area contributed by atoms with Crippen molar-refractivity contribution >= 4 is 63.6 Å². The molecule has 1 aromatic carbocycles. The summed E-state index contributed by atoms with van der Waals surface area (Å²) >= 11 is 9.93. The minimum Gasteiger partial charge on any atom is -0.352 e. The molecule has 1 aliphatic heterocycles. The molecule has 0 aliphatic carbocycles. The van der Waals surface area contributed by atoms with Crippen molar-refractivity contribution in [1.82, 2.24) is 23.7 Å². The van der Waals surface area contributed by atoms with Gasteiger partial charge in [-0.15, -0.1) is 0 Å². The molecular formula is C23H24ClIN6OS. The molecule has 0 saturated carbocycles. The predicted molar refractivity (Wildman–Crippen MR) is 143 cm³/mol. The van der Waals surface area contributed by atoms with E-state index >= 15 is 0 Å². The largest absolute Gasteiger partial charge is 0.352 e. The average Bonchev–Trinajstić information content (AvgIpc) is 3.34. The fourth-order valence-electron chi connectivity index (χ4n) is 4.47. The fourth-order valence-corrected chi connectivity index (χ4v) is 5.74. The summed E-state index contributed by atoms with van der Waals surface area (Å²) in [6.45, 7) is 7.95. The second-order valence-corrected chi connectivity index (χ2v) is 10.7. The van der Waals surface area contributed by atoms with E-state index in [1.807, 2.05) is 44.8 Å². The summed E-state index contributed by atoms with van der Waals surface area (Å²) < 4.78 is 9.21. The molecule has 0 N–H and O–H groups in total. The number of aromatic nitrogens is 5. The topological polar surface area (TPSA) is 61.0 Å². The van der Waals surface area contributed by atoms with E-state index in [1.54, 1.807) is 0 Å². The van der Waals surface area contributed by atoms with Gasteiger partial charge in [0.15, 0.2) is 5.82 Å². The summed E-state index contributed by atoms with van der Waals surface area (Å²) in [6.07, 6.45) is 2.87. The molecule has 1 aliphatic rings. The van der Waals surface area contributed by atoms with Gasteiger partial charge in [0.2, 0.25) is 0 Å². The monoisotopic (exact) mass is 594 g/mol. The van der Waals surface area contributed by atoms with Gasteiger partial charge in [0, 0.05) is 55.3 Å². The highest BCUT2D eigenvalue weighted by Gasteiger charge is 2.25. The maximum absolute atomic E-state index is 6.76. The lowest BCUT2D eigenvalue weighted by molar-refractivity contribution is 0.650. The predicted octanol–water partition coefficient (Wildman–Crippen LogP) is 6.26. The van der Waals surface area contributed by atoms with Crippen LogP contribution in [0.4, 0.5) is 5.82 Å². The molecule has 0 spiro atoms. The normalized spacial score (nSPS) is 13.8. The zero-order valence-electron chi connectivity index (χ0n) is 18.8. The smallest absolute Gasteiger partial charge is 0.161 e. The molecule has 0 saturated heterocycles. The summed E-state index contributed by atoms with van der Waals surface area (Å²) in [5.74, 6) is 2.15. The van der Waals surface area contributed by atoms with Crippen LogP contribution in [-0.4, -0.2) is 30.3 Å². The van der Waals surface area contributed by atoms with Crippen molar-refractivity contribution in [2.75, 3.05) is 11.4 Å². The zero-order valence-corrected chi connectivity index (χ0v) is 22.6. The first kappa shape index (κ1) is 22.9. The number of halogens is 2. The van der Waals surface area contributed by atoms with Crippen molar-refractivity contribution in [3.05, 3.63) is 58.1 Å². The van der Waals surface area contributed by atoms with Crippen molar-refractivity contribution in [1.29, 1.82) is 0 Å². The van der Waals surface area contributed by atoms with Gasteiger partial charge >= 0.3 is 0 Å². The Morgan fingerprint density at radius 2 is 2.06 bits per heavy atom. The van der Waals surface area contributed by atoms with E-state index in [1.165, 1.54) is 12.2 Å². The second kappa shape index (κ2) is 9.09. The van der Waals surface area contributed by atoms with Crippen LogP contribution in [-0.2, 0) is 22.5 Å². The van der Waals surface area contributed by atoms with E-state index in [9.17, 15) is 0 Å². The van der Waals surface area contributed by atoms with Gasteiger partial charge in [0.25, 0.3) is 0 Å². The highest BCUT2D eigenvalue weighted by Crippen LogP contribution is 2.36. The van der Waals surface area contributed by atoms with Gasteiger partial charge in [-0.3, -0.25) is 8.65 Å². The first-order valence-corrected chi connectivity index (χ1v) is 12.7. The van der Waals surface area contributed by atoms with Gasteiger partial charge in [0.05, 0.1) is 16.9 Å². The number of hydrogen-bond acceptors (Lipinski definition) is 6. The van der Waals surface area contributed by atoms with Crippen LogP contribution in [0.5, 0.6) is 0 Å². The maximum atomic E-state index is 6.76. The van der Waals surface area contributed by atoms with Gasteiger partial charge in [-0.05, 0) is 24.5 Å². The SMILES string of the molecule is Cc1cn(SOI)c2cccc(-c3nc(Cl)c4c(n3)CCN(c3cc(C(C)C)nn3C)C4)c12. The molecule has 5 rings (SSSR count). The zero-order chi connectivity index (χ0) is 23.3. The number of hydrogen-bond donors (Lipinski definition) is 0. The third kappa shape index (κ3) is 4.13. The molecule has 4 heterocycles. The van der Waals surface area contributed by atoms with Gasteiger partial charge < -0.3 is 4.90 Å². The lowest BCUT2D eigenvalue weighted by Gasteiger charge is -2.30. The Bertz CT molecular complexity index is 1350. The molecule has 0 fully saturated rings. The van der Waals surface area contributed by atoms with Crippen LogP contribution in [0.25, 0.3) is 22.3 Å². The summed E-state index contributed by atoms with van der Waals surface area (Å²) in [5.41, 5.74) is 6.30. The second-order valence-electron chi connectivity index (χ2n) is 8.62. The third-order valence-electron chi connectivity index (χ3n) is 6.13. The van der Waals surface area contributed by atoms with Crippen LogP contribution in [0.15, 0.2) is 30.5 Å². The van der Waals surface area contributed by atoms with Crippen molar-refractivity contribution in [2.45, 2.75) is 39.7 Å². The lowest BCUT2D eigenvalue weighted by Crippen LogP contribution is -2.33. The average molecular weight is 595 g/mol. The van der Waals surface area contributed by atoms with E-state index in [-0.39, 0.29) is 0 Å². The van der Waals surface area contributed by atoms with Crippen LogP contribution in [0.1, 0.15) is 42.3 Å². The molecule has 0 amide bonds. The molecule has 0 bridgehead atoms. The molecule has 0 unspecified atom stereocenters. The molecular weight excluding hydrogens is 571 g/mol. The molecule has 0 atom stereocenters. The number of anilines is 1. The Kier molecular flexibility index (Phi) is 6.32. The highest BCUT2D eigenvalue weighted by molar-refractivity contribution is 14.1. The van der Waals surface area contributed by atoms with Crippen molar-refractivity contribution in [3.8, 4) is 11.4 Å². The number of fused-ring (bicyclic) bond motifs is 2. The Hall–Kier alpha value is -1.82. The van der Waals surface area contributed by atoms with Crippen LogP contribution < -0.4 is 4.90 Å². The van der Waals surface area contributed by atoms with E-state index in [2.05, 4.69) is 55.2 Å². The number of rotatable bonds is 5. The van der Waals surface area contributed by atoms with Gasteiger partial charge in [-0.1, -0.05) is 37.6 Å². The molecule has 7 nitrogen and oxygen atoms in total. The Morgan fingerprint density at radius 3 is 2.79 bits per heavy atom. The summed E-state index contributed by atoms with van der Waals surface area (Å²) in [7, 11) is 1.99. The van der Waals surface area contributed by atoms with Crippen molar-refractivity contribution in [2.24, 2.45) is 7.05 Å². The van der Waals surface area contributed by atoms with Gasteiger partial charge in [-0.2, -0.15) is 5.10 Å². The minimum absolute atomic E-state index is 0.388. The number of nitrogens with zero attached hydrogens (tertiary/aromatic N) is 6. The Balaban J connectivity index is 1.52. The van der Waals surface area contributed by atoms with Crippen molar-refractivity contribution in [3.63, 3.8) is 0 Å². The van der Waals surface area contributed by atoms with Crippen molar-refractivity contribution < 1.29 is 2.51 Å². The summed E-state index contributed by atoms with van der Waals surface area (Å²) in [5, 5.41) is 6.30. The number of aryl methyl sites for hydroxylation is 2. The van der Waals surface area contributed by atoms with Gasteiger partial charge in [0.1, 0.15) is 46.2 Å². The summed E-state index contributed by atoms with van der Waals surface area (Å²) in [6, 6.07) is 8.33. The molecule has 0 radical (unpaired) electrons. The Labute approximate surface area is 216 Å². The van der Waals surface area contributed by atoms with E-state index in [4.69, 9.17) is 24.1 Å². The first-order valence-electron chi connectivity index (χ1n) is 10.8. The molecule has 4 aromatic rings. The fraction of sp³-hybridized carbons (Fsp3) is 0.348. The lowest BCUT2D eigenvalue weighted by atomic mass is 10.0. The Morgan fingerprint density at radius 1 is 1.24 bits per heavy atom. The molecule has 33 heavy (non-hydrogen) atoms. The van der Waals surface area contributed by atoms with Crippen LogP contribution >= 0.6 is 46.8 Å². The van der Waals surface area contributed by atoms with Crippen LogP contribution in [0.2, 0.25) is 5.15 Å². The molecule has 172 valence electrons. The molecule has 3 aromatic heterocycles. The van der Waals surface area contributed by atoms with E-state index in [0.29, 0.717) is 23.4 Å². The first-order chi connectivity index (χ1) is 15.9. The quantitative estimate of drug-likeness (QED) is 0.155. The minimum atomic E-state index is 0.388. The third-order valence-corrected chi connectivity index (χ3v) is 7.45. The molecule has 10 heteroatoms. The van der Waals surface area contributed by atoms with Crippen LogP contribution in [0.3, 0.4) is 0 Å². The standard InChI is InChI=1S/C23H24ClIN6OS/c1-13(2)18-10-20(29(4)28-18)30-9-8-17-16(12-30)22(24)27-23(26-17)15-6-5-7-19-21(15)14(3)11-31(19)33-32-25/h5-7,10-11,13H,8-9,12H2,1-4H3.